The van der Waals surface area contributed by atoms with Crippen molar-refractivity contribution >= 4 is 61.2 Å². The molecule has 0 atom stereocenters. The lowest BCUT2D eigenvalue weighted by molar-refractivity contribution is 0.0977. The lowest BCUT2D eigenvalue weighted by Crippen LogP contribution is -2.34. The monoisotopic (exact) mass is 486 g/mol. The van der Waals surface area contributed by atoms with Crippen LogP contribution in [0.4, 0.5) is 5.69 Å². The van der Waals surface area contributed by atoms with Crippen molar-refractivity contribution < 1.29 is 4.79 Å². The highest BCUT2D eigenvalue weighted by Crippen LogP contribution is 2.31. The van der Waals surface area contributed by atoms with Gasteiger partial charge in [0.1, 0.15) is 5.01 Å². The summed E-state index contributed by atoms with van der Waals surface area (Å²) in [7, 11) is 0. The number of fused-ring (bicyclic) bond motifs is 1. The second-order valence-electron chi connectivity index (χ2n) is 6.22. The minimum absolute atomic E-state index is 0.222. The van der Waals surface area contributed by atoms with E-state index in [2.05, 4.69) is 41.9 Å². The fraction of sp³-hybridized carbons (Fsp3) is 0.105. The molecule has 29 heavy (non-hydrogen) atoms. The van der Waals surface area contributed by atoms with Gasteiger partial charge in [-0.05, 0) is 65.8 Å². The van der Waals surface area contributed by atoms with E-state index >= 15 is 0 Å². The Morgan fingerprint density at radius 1 is 1.14 bits per heavy atom. The summed E-state index contributed by atoms with van der Waals surface area (Å²) in [5.74, 6) is 0.457. The predicted molar refractivity (Wildman–Crippen MR) is 121 cm³/mol. The van der Waals surface area contributed by atoms with Crippen LogP contribution in [0.2, 0.25) is 0 Å². The van der Waals surface area contributed by atoms with Gasteiger partial charge in [-0.2, -0.15) is 9.61 Å². The molecule has 2 N–H and O–H groups in total. The zero-order valence-corrected chi connectivity index (χ0v) is 18.7. The SMILES string of the molecule is Cc1c(NC(=S)NC(=O)c2ccccc2Br)cccc1-c1nn2c(C)nnc2s1. The van der Waals surface area contributed by atoms with Gasteiger partial charge in [0.05, 0.1) is 5.56 Å². The lowest BCUT2D eigenvalue weighted by Gasteiger charge is -2.14. The van der Waals surface area contributed by atoms with Crippen LogP contribution < -0.4 is 10.6 Å². The topological polar surface area (TPSA) is 84.2 Å². The van der Waals surface area contributed by atoms with E-state index in [1.807, 2.05) is 38.1 Å². The predicted octanol–water partition coefficient (Wildman–Crippen LogP) is 4.36. The molecule has 7 nitrogen and oxygen atoms in total. The molecule has 0 saturated heterocycles. The number of nitrogens with zero attached hydrogens (tertiary/aromatic N) is 4. The number of aromatic nitrogens is 4. The van der Waals surface area contributed by atoms with Crippen LogP contribution in [-0.4, -0.2) is 30.8 Å². The molecule has 4 aromatic rings. The summed E-state index contributed by atoms with van der Waals surface area (Å²) in [5, 5.41) is 19.6. The number of benzene rings is 2. The summed E-state index contributed by atoms with van der Waals surface area (Å²) in [4.78, 5) is 13.2. The van der Waals surface area contributed by atoms with Crippen molar-refractivity contribution in [3.05, 3.63) is 63.9 Å². The second kappa shape index (κ2) is 7.97. The number of nitrogens with one attached hydrogen (secondary N) is 2. The Balaban J connectivity index is 1.55. The molecular formula is C19H15BrN6OS2. The number of aryl methyl sites for hydroxylation is 1. The third-order valence-electron chi connectivity index (χ3n) is 4.30. The smallest absolute Gasteiger partial charge is 0.258 e. The first kappa shape index (κ1) is 19.6. The maximum absolute atomic E-state index is 12.4. The van der Waals surface area contributed by atoms with Crippen molar-refractivity contribution in [3.8, 4) is 10.6 Å². The van der Waals surface area contributed by atoms with E-state index in [1.165, 1.54) is 11.3 Å². The average Bonchev–Trinajstić information content (AvgIpc) is 3.26. The quantitative estimate of drug-likeness (QED) is 0.418. The third-order valence-corrected chi connectivity index (χ3v) is 6.13. The molecule has 2 heterocycles. The maximum atomic E-state index is 12.4. The van der Waals surface area contributed by atoms with Gasteiger partial charge >= 0.3 is 0 Å². The van der Waals surface area contributed by atoms with E-state index in [4.69, 9.17) is 12.2 Å². The molecule has 2 aromatic heterocycles. The fourth-order valence-corrected chi connectivity index (χ4v) is 4.43. The molecule has 4 rings (SSSR count). The number of carbonyl (C=O) groups is 1. The molecule has 0 bridgehead atoms. The summed E-state index contributed by atoms with van der Waals surface area (Å²) in [6.07, 6.45) is 0. The van der Waals surface area contributed by atoms with E-state index in [1.54, 1.807) is 22.7 Å². The molecule has 146 valence electrons. The zero-order chi connectivity index (χ0) is 20.5. The first-order chi connectivity index (χ1) is 13.9. The maximum Gasteiger partial charge on any atom is 0.258 e. The van der Waals surface area contributed by atoms with Gasteiger partial charge in [-0.25, -0.2) is 0 Å². The summed E-state index contributed by atoms with van der Waals surface area (Å²) in [6, 6.07) is 13.0. The van der Waals surface area contributed by atoms with Gasteiger partial charge in [0.2, 0.25) is 4.96 Å². The average molecular weight is 487 g/mol. The molecule has 0 aliphatic rings. The standard InChI is InChI=1S/C19H15BrN6OS2/c1-10-12(17-25-26-11(2)23-24-19(26)29-17)7-5-9-15(10)21-18(28)22-16(27)13-6-3-4-8-14(13)20/h3-9H,1-2H3,(H2,21,22,27,28). The second-order valence-corrected chi connectivity index (χ2v) is 8.43. The number of anilines is 1. The van der Waals surface area contributed by atoms with Gasteiger partial charge in [0.25, 0.3) is 5.91 Å². The normalized spacial score (nSPS) is 10.9. The first-order valence-electron chi connectivity index (χ1n) is 8.59. The molecule has 10 heteroatoms. The van der Waals surface area contributed by atoms with Gasteiger partial charge < -0.3 is 5.32 Å². The van der Waals surface area contributed by atoms with Crippen molar-refractivity contribution in [1.82, 2.24) is 25.1 Å². The lowest BCUT2D eigenvalue weighted by atomic mass is 10.1. The highest BCUT2D eigenvalue weighted by Gasteiger charge is 2.15. The Labute approximate surface area is 184 Å². The number of rotatable bonds is 3. The Kier molecular flexibility index (Phi) is 5.39. The van der Waals surface area contributed by atoms with Gasteiger partial charge in [0, 0.05) is 15.7 Å². The van der Waals surface area contributed by atoms with Crippen molar-refractivity contribution in [2.24, 2.45) is 0 Å². The van der Waals surface area contributed by atoms with Crippen LogP contribution in [-0.2, 0) is 0 Å². The number of hydrogen-bond acceptors (Lipinski definition) is 6. The number of thiocarbonyl (C=S) groups is 1. The Hall–Kier alpha value is -2.69. The zero-order valence-electron chi connectivity index (χ0n) is 15.4. The van der Waals surface area contributed by atoms with Crippen molar-refractivity contribution in [2.75, 3.05) is 5.32 Å². The van der Waals surface area contributed by atoms with Crippen LogP contribution >= 0.6 is 39.5 Å². The molecule has 2 aromatic carbocycles. The molecule has 0 fully saturated rings. The largest absolute Gasteiger partial charge is 0.332 e. The van der Waals surface area contributed by atoms with Gasteiger partial charge in [-0.15, -0.1) is 10.2 Å². The molecule has 0 radical (unpaired) electrons. The Morgan fingerprint density at radius 3 is 2.69 bits per heavy atom. The number of carbonyl (C=O) groups excluding carboxylic acids is 1. The van der Waals surface area contributed by atoms with Crippen molar-refractivity contribution in [2.45, 2.75) is 13.8 Å². The van der Waals surface area contributed by atoms with Crippen LogP contribution in [0.25, 0.3) is 15.5 Å². The van der Waals surface area contributed by atoms with E-state index in [0.717, 1.165) is 32.6 Å². The van der Waals surface area contributed by atoms with E-state index in [9.17, 15) is 4.79 Å². The van der Waals surface area contributed by atoms with E-state index in [0.29, 0.717) is 10.0 Å². The van der Waals surface area contributed by atoms with Crippen molar-refractivity contribution in [3.63, 3.8) is 0 Å². The van der Waals surface area contributed by atoms with Crippen LogP contribution in [0.15, 0.2) is 46.9 Å². The van der Waals surface area contributed by atoms with E-state index in [-0.39, 0.29) is 11.0 Å². The highest BCUT2D eigenvalue weighted by molar-refractivity contribution is 9.10. The summed E-state index contributed by atoms with van der Waals surface area (Å²) < 4.78 is 2.43. The summed E-state index contributed by atoms with van der Waals surface area (Å²) in [5.41, 5.74) is 3.23. The molecule has 0 aliphatic heterocycles. The van der Waals surface area contributed by atoms with Crippen LogP contribution in [0.3, 0.4) is 0 Å². The summed E-state index contributed by atoms with van der Waals surface area (Å²) >= 11 is 10.2. The van der Waals surface area contributed by atoms with Crippen LogP contribution in [0.5, 0.6) is 0 Å². The number of hydrogen-bond donors (Lipinski definition) is 2. The Bertz CT molecular complexity index is 1250. The minimum atomic E-state index is -0.284. The highest BCUT2D eigenvalue weighted by atomic mass is 79.9. The number of halogens is 1. The molecule has 0 unspecified atom stereocenters. The van der Waals surface area contributed by atoms with Gasteiger partial charge in [-0.3, -0.25) is 10.1 Å². The molecule has 0 saturated carbocycles. The fourth-order valence-electron chi connectivity index (χ4n) is 2.80. The molecule has 0 aliphatic carbocycles. The minimum Gasteiger partial charge on any atom is -0.332 e. The van der Waals surface area contributed by atoms with Gasteiger partial charge in [-0.1, -0.05) is 35.6 Å². The van der Waals surface area contributed by atoms with Crippen LogP contribution in [0.1, 0.15) is 21.7 Å². The molecule has 1 amide bonds. The van der Waals surface area contributed by atoms with Gasteiger partial charge in [0.15, 0.2) is 10.9 Å². The van der Waals surface area contributed by atoms with E-state index < -0.39 is 0 Å². The Morgan fingerprint density at radius 2 is 1.93 bits per heavy atom. The third kappa shape index (κ3) is 3.91. The first-order valence-corrected chi connectivity index (χ1v) is 10.6. The molecular weight excluding hydrogens is 472 g/mol. The number of amides is 1. The molecule has 0 spiro atoms. The van der Waals surface area contributed by atoms with Crippen LogP contribution in [0, 0.1) is 13.8 Å². The van der Waals surface area contributed by atoms with Crippen molar-refractivity contribution in [1.29, 1.82) is 0 Å². The summed E-state index contributed by atoms with van der Waals surface area (Å²) in [6.45, 7) is 3.84.